The van der Waals surface area contributed by atoms with E-state index in [2.05, 4.69) is 22.4 Å². The molecule has 144 valence electrons. The molecule has 0 aliphatic rings. The maximum absolute atomic E-state index is 12.4. The summed E-state index contributed by atoms with van der Waals surface area (Å²) in [5, 5.41) is 3.69. The Morgan fingerprint density at radius 1 is 0.897 bits per heavy atom. The van der Waals surface area contributed by atoms with Crippen molar-refractivity contribution >= 4 is 23.4 Å². The van der Waals surface area contributed by atoms with Gasteiger partial charge in [0, 0.05) is 16.8 Å². The number of aromatic amines is 1. The summed E-state index contributed by atoms with van der Waals surface area (Å²) in [6, 6.07) is 28.0. The van der Waals surface area contributed by atoms with Crippen LogP contribution >= 0.6 is 11.8 Å². The van der Waals surface area contributed by atoms with Crippen LogP contribution in [0.3, 0.4) is 0 Å². The minimum atomic E-state index is -0.0526. The Labute approximate surface area is 174 Å². The molecular weight excluding hydrogens is 378 g/mol. The minimum absolute atomic E-state index is 0.0526. The normalized spacial score (nSPS) is 10.7. The molecule has 29 heavy (non-hydrogen) atoms. The first-order valence-electron chi connectivity index (χ1n) is 9.40. The molecule has 0 radical (unpaired) electrons. The lowest BCUT2D eigenvalue weighted by Gasteiger charge is -2.07. The van der Waals surface area contributed by atoms with Gasteiger partial charge in [0.1, 0.15) is 0 Å². The third-order valence-electron chi connectivity index (χ3n) is 4.55. The lowest BCUT2D eigenvalue weighted by Crippen LogP contribution is -2.14. The molecule has 4 rings (SSSR count). The molecule has 0 fully saturated rings. The number of nitrogens with zero attached hydrogens (tertiary/aromatic N) is 1. The van der Waals surface area contributed by atoms with Gasteiger partial charge in [0.25, 0.3) is 0 Å². The molecule has 5 heteroatoms. The number of carbonyl (C=O) groups excluding carboxylic acids is 1. The molecule has 1 aromatic heterocycles. The summed E-state index contributed by atoms with van der Waals surface area (Å²) in [6.07, 6.45) is 0. The van der Waals surface area contributed by atoms with E-state index in [9.17, 15) is 4.79 Å². The molecule has 0 aliphatic heterocycles. The third-order valence-corrected chi connectivity index (χ3v) is 5.42. The van der Waals surface area contributed by atoms with E-state index in [1.165, 1.54) is 11.8 Å². The fraction of sp³-hybridized carbons (Fsp3) is 0.0833. The summed E-state index contributed by atoms with van der Waals surface area (Å²) >= 11 is 1.40. The summed E-state index contributed by atoms with van der Waals surface area (Å²) in [7, 11) is 0. The van der Waals surface area contributed by atoms with Gasteiger partial charge in [-0.2, -0.15) is 0 Å². The number of aryl methyl sites for hydroxylation is 1. The Morgan fingerprint density at radius 2 is 1.52 bits per heavy atom. The van der Waals surface area contributed by atoms with Gasteiger partial charge in [-0.25, -0.2) is 4.98 Å². The second-order valence-corrected chi connectivity index (χ2v) is 7.61. The number of benzene rings is 3. The zero-order valence-electron chi connectivity index (χ0n) is 16.1. The van der Waals surface area contributed by atoms with Crippen molar-refractivity contribution < 1.29 is 4.79 Å². The predicted molar refractivity (Wildman–Crippen MR) is 120 cm³/mol. The van der Waals surface area contributed by atoms with Gasteiger partial charge in [-0.15, -0.1) is 0 Å². The van der Waals surface area contributed by atoms with E-state index >= 15 is 0 Å². The molecule has 0 aliphatic carbocycles. The van der Waals surface area contributed by atoms with Gasteiger partial charge >= 0.3 is 0 Å². The number of carbonyl (C=O) groups is 1. The fourth-order valence-electron chi connectivity index (χ4n) is 3.07. The Morgan fingerprint density at radius 3 is 2.21 bits per heavy atom. The lowest BCUT2D eigenvalue weighted by atomic mass is 10.1. The molecule has 0 unspecified atom stereocenters. The molecule has 0 atom stereocenters. The van der Waals surface area contributed by atoms with Crippen molar-refractivity contribution in [3.63, 3.8) is 0 Å². The summed E-state index contributed by atoms with van der Waals surface area (Å²) in [4.78, 5) is 20.6. The SMILES string of the molecule is Cc1ccccc1NC(=O)CSc1nc(-c2ccccc2)c(-c2ccccc2)[nH]1. The Hall–Kier alpha value is -3.31. The number of hydrogen-bond acceptors (Lipinski definition) is 3. The number of thioether (sulfide) groups is 1. The topological polar surface area (TPSA) is 57.8 Å². The summed E-state index contributed by atoms with van der Waals surface area (Å²) in [5.74, 6) is 0.229. The van der Waals surface area contributed by atoms with Crippen molar-refractivity contribution in [2.24, 2.45) is 0 Å². The molecule has 0 bridgehead atoms. The molecule has 0 saturated heterocycles. The Bertz CT molecular complexity index is 1050. The number of anilines is 1. The van der Waals surface area contributed by atoms with Crippen molar-refractivity contribution in [2.75, 3.05) is 11.1 Å². The standard InChI is InChI=1S/C24H21N3OS/c1-17-10-8-9-15-20(17)25-21(28)16-29-24-26-22(18-11-4-2-5-12-18)23(27-24)19-13-6-3-7-14-19/h2-15H,16H2,1H3,(H,25,28)(H,26,27). The number of aromatic nitrogens is 2. The maximum atomic E-state index is 12.4. The monoisotopic (exact) mass is 399 g/mol. The van der Waals surface area contributed by atoms with Crippen LogP contribution in [0.2, 0.25) is 0 Å². The molecule has 1 heterocycles. The number of nitrogens with one attached hydrogen (secondary N) is 2. The van der Waals surface area contributed by atoms with E-state index < -0.39 is 0 Å². The van der Waals surface area contributed by atoms with Crippen LogP contribution in [0.1, 0.15) is 5.56 Å². The van der Waals surface area contributed by atoms with Crippen LogP contribution < -0.4 is 5.32 Å². The molecule has 4 nitrogen and oxygen atoms in total. The zero-order chi connectivity index (χ0) is 20.1. The molecular formula is C24H21N3OS. The lowest BCUT2D eigenvalue weighted by molar-refractivity contribution is -0.113. The van der Waals surface area contributed by atoms with Crippen LogP contribution in [-0.4, -0.2) is 21.6 Å². The number of rotatable bonds is 6. The molecule has 1 amide bonds. The molecule has 4 aromatic rings. The van der Waals surface area contributed by atoms with Crippen LogP contribution in [0.25, 0.3) is 22.5 Å². The number of para-hydroxylation sites is 1. The largest absolute Gasteiger partial charge is 0.332 e. The van der Waals surface area contributed by atoms with Crippen LogP contribution in [-0.2, 0) is 4.79 Å². The van der Waals surface area contributed by atoms with Gasteiger partial charge in [0.2, 0.25) is 5.91 Å². The van der Waals surface area contributed by atoms with Crippen LogP contribution in [0.15, 0.2) is 90.1 Å². The van der Waals surface area contributed by atoms with Gasteiger partial charge in [-0.3, -0.25) is 4.79 Å². The van der Waals surface area contributed by atoms with Crippen molar-refractivity contribution in [1.82, 2.24) is 9.97 Å². The highest BCUT2D eigenvalue weighted by Crippen LogP contribution is 2.32. The zero-order valence-corrected chi connectivity index (χ0v) is 16.9. The van der Waals surface area contributed by atoms with E-state index in [0.717, 1.165) is 38.9 Å². The first-order chi connectivity index (χ1) is 14.2. The van der Waals surface area contributed by atoms with Gasteiger partial charge in [0.05, 0.1) is 17.1 Å². The Balaban J connectivity index is 1.54. The van der Waals surface area contributed by atoms with E-state index in [0.29, 0.717) is 0 Å². The fourth-order valence-corrected chi connectivity index (χ4v) is 3.74. The number of hydrogen-bond donors (Lipinski definition) is 2. The van der Waals surface area contributed by atoms with Crippen molar-refractivity contribution in [3.05, 3.63) is 90.5 Å². The predicted octanol–water partition coefficient (Wildman–Crippen LogP) is 5.78. The van der Waals surface area contributed by atoms with Crippen LogP contribution in [0.4, 0.5) is 5.69 Å². The quantitative estimate of drug-likeness (QED) is 0.404. The Kier molecular flexibility index (Phi) is 5.77. The van der Waals surface area contributed by atoms with Gasteiger partial charge in [-0.1, -0.05) is 90.6 Å². The van der Waals surface area contributed by atoms with E-state index in [-0.39, 0.29) is 11.7 Å². The van der Waals surface area contributed by atoms with E-state index in [4.69, 9.17) is 4.98 Å². The van der Waals surface area contributed by atoms with E-state index in [1.54, 1.807) is 0 Å². The second kappa shape index (κ2) is 8.80. The smallest absolute Gasteiger partial charge is 0.234 e. The molecule has 0 spiro atoms. The summed E-state index contributed by atoms with van der Waals surface area (Å²) in [6.45, 7) is 1.98. The van der Waals surface area contributed by atoms with Gasteiger partial charge in [-0.05, 0) is 18.6 Å². The minimum Gasteiger partial charge on any atom is -0.332 e. The maximum Gasteiger partial charge on any atom is 0.234 e. The van der Waals surface area contributed by atoms with Crippen molar-refractivity contribution in [2.45, 2.75) is 12.1 Å². The number of H-pyrrole nitrogens is 1. The van der Waals surface area contributed by atoms with Crippen LogP contribution in [0.5, 0.6) is 0 Å². The van der Waals surface area contributed by atoms with Gasteiger partial charge in [0.15, 0.2) is 5.16 Å². The highest BCUT2D eigenvalue weighted by Gasteiger charge is 2.15. The highest BCUT2D eigenvalue weighted by atomic mass is 32.2. The molecule has 0 saturated carbocycles. The first-order valence-corrected chi connectivity index (χ1v) is 10.4. The highest BCUT2D eigenvalue weighted by molar-refractivity contribution is 7.99. The van der Waals surface area contributed by atoms with Crippen molar-refractivity contribution in [3.8, 4) is 22.5 Å². The van der Waals surface area contributed by atoms with Crippen LogP contribution in [0, 0.1) is 6.92 Å². The third kappa shape index (κ3) is 4.58. The molecule has 3 aromatic carbocycles. The average molecular weight is 400 g/mol. The summed E-state index contributed by atoms with van der Waals surface area (Å²) < 4.78 is 0. The average Bonchev–Trinajstić information content (AvgIpc) is 3.20. The number of imidazole rings is 1. The first kappa shape index (κ1) is 19.0. The van der Waals surface area contributed by atoms with Crippen molar-refractivity contribution in [1.29, 1.82) is 0 Å². The second-order valence-electron chi connectivity index (χ2n) is 6.65. The summed E-state index contributed by atoms with van der Waals surface area (Å²) in [5.41, 5.74) is 5.83. The van der Waals surface area contributed by atoms with Gasteiger partial charge < -0.3 is 10.3 Å². The number of amides is 1. The molecule has 2 N–H and O–H groups in total. The van der Waals surface area contributed by atoms with E-state index in [1.807, 2.05) is 79.7 Å².